The number of ether oxygens (including phenoxy) is 1. The maximum Gasteiger partial charge on any atom is 0.238 e. The lowest BCUT2D eigenvalue weighted by Crippen LogP contribution is -2.45. The van der Waals surface area contributed by atoms with E-state index >= 15 is 0 Å². The number of hydrogen-bond acceptors (Lipinski definition) is 2. The third-order valence-electron chi connectivity index (χ3n) is 1.19. The number of carbonyl (C=O) groups is 1. The van der Waals surface area contributed by atoms with Crippen molar-refractivity contribution in [3.63, 3.8) is 0 Å². The molecule has 0 aromatic rings. The second-order valence-corrected chi connectivity index (χ2v) is 1.90. The van der Waals surface area contributed by atoms with Gasteiger partial charge in [0, 0.05) is 6.54 Å². The van der Waals surface area contributed by atoms with Crippen LogP contribution in [0.1, 0.15) is 0 Å². The van der Waals surface area contributed by atoms with Gasteiger partial charge in [-0.1, -0.05) is 0 Å². The molecule has 0 aromatic heterocycles. The molecule has 1 aliphatic rings. The number of morpholine rings is 1. The van der Waals surface area contributed by atoms with Crippen LogP contribution in [0.25, 0.3) is 0 Å². The number of nitrogens with two attached hydrogens (primary N) is 1. The standard InChI is InChI=1S/C5H9N2O2/c6-5(8)4-3-9-2-1-7-4/h4H,1-3H2,(H2,6,8). The number of carbonyl (C=O) groups excluding carboxylic acids is 1. The van der Waals surface area contributed by atoms with Crippen molar-refractivity contribution in [2.24, 2.45) is 5.73 Å². The van der Waals surface area contributed by atoms with Gasteiger partial charge in [-0.05, 0) is 0 Å². The van der Waals surface area contributed by atoms with Crippen LogP contribution in [0.3, 0.4) is 0 Å². The van der Waals surface area contributed by atoms with Crippen molar-refractivity contribution in [2.75, 3.05) is 19.8 Å². The van der Waals surface area contributed by atoms with E-state index in [9.17, 15) is 4.79 Å². The first-order chi connectivity index (χ1) is 4.30. The zero-order chi connectivity index (χ0) is 6.69. The summed E-state index contributed by atoms with van der Waals surface area (Å²) in [4.78, 5) is 10.4. The average Bonchev–Trinajstić information content (AvgIpc) is 1.90. The van der Waals surface area contributed by atoms with E-state index in [0.29, 0.717) is 19.8 Å². The van der Waals surface area contributed by atoms with Crippen LogP contribution < -0.4 is 11.1 Å². The summed E-state index contributed by atoms with van der Waals surface area (Å²) in [5, 5.41) is 3.93. The van der Waals surface area contributed by atoms with Gasteiger partial charge in [-0.15, -0.1) is 0 Å². The smallest absolute Gasteiger partial charge is 0.238 e. The molecule has 1 saturated heterocycles. The first-order valence-corrected chi connectivity index (χ1v) is 2.84. The van der Waals surface area contributed by atoms with Gasteiger partial charge in [-0.2, -0.15) is 0 Å². The van der Waals surface area contributed by atoms with Crippen LogP contribution in [0.5, 0.6) is 0 Å². The molecule has 2 N–H and O–H groups in total. The lowest BCUT2D eigenvalue weighted by atomic mass is 10.3. The van der Waals surface area contributed by atoms with E-state index in [4.69, 9.17) is 10.5 Å². The molecule has 1 aliphatic heterocycles. The predicted molar refractivity (Wildman–Crippen MR) is 30.8 cm³/mol. The van der Waals surface area contributed by atoms with Gasteiger partial charge < -0.3 is 10.5 Å². The topological polar surface area (TPSA) is 66.4 Å². The summed E-state index contributed by atoms with van der Waals surface area (Å²) in [5.74, 6) is -0.394. The molecule has 0 bridgehead atoms. The molecule has 0 spiro atoms. The van der Waals surface area contributed by atoms with E-state index in [1.165, 1.54) is 0 Å². The molecule has 0 aliphatic carbocycles. The molecule has 1 radical (unpaired) electrons. The van der Waals surface area contributed by atoms with Crippen molar-refractivity contribution in [1.29, 1.82) is 0 Å². The number of rotatable bonds is 1. The minimum atomic E-state index is -0.404. The van der Waals surface area contributed by atoms with Gasteiger partial charge >= 0.3 is 0 Å². The van der Waals surface area contributed by atoms with Gasteiger partial charge in [-0.3, -0.25) is 4.79 Å². The fraction of sp³-hybridized carbons (Fsp3) is 0.800. The second-order valence-electron chi connectivity index (χ2n) is 1.90. The van der Waals surface area contributed by atoms with Crippen molar-refractivity contribution in [3.05, 3.63) is 0 Å². The highest BCUT2D eigenvalue weighted by Gasteiger charge is 2.18. The monoisotopic (exact) mass is 129 g/mol. The first kappa shape index (κ1) is 6.51. The van der Waals surface area contributed by atoms with E-state index in [1.54, 1.807) is 0 Å². The molecule has 51 valence electrons. The van der Waals surface area contributed by atoms with E-state index in [0.717, 1.165) is 0 Å². The quantitative estimate of drug-likeness (QED) is 0.467. The Balaban J connectivity index is 2.31. The van der Waals surface area contributed by atoms with Crippen molar-refractivity contribution >= 4 is 5.91 Å². The molecular weight excluding hydrogens is 120 g/mol. The van der Waals surface area contributed by atoms with Gasteiger partial charge in [0.25, 0.3) is 0 Å². The summed E-state index contributed by atoms with van der Waals surface area (Å²) >= 11 is 0. The Labute approximate surface area is 53.4 Å². The van der Waals surface area contributed by atoms with Gasteiger partial charge in [0.15, 0.2) is 0 Å². The zero-order valence-electron chi connectivity index (χ0n) is 5.04. The molecule has 4 nitrogen and oxygen atoms in total. The van der Waals surface area contributed by atoms with E-state index in [2.05, 4.69) is 5.32 Å². The first-order valence-electron chi connectivity index (χ1n) is 2.84. The lowest BCUT2D eigenvalue weighted by molar-refractivity contribution is -0.122. The molecule has 0 aromatic carbocycles. The van der Waals surface area contributed by atoms with Crippen LogP contribution in [0.15, 0.2) is 0 Å². The van der Waals surface area contributed by atoms with Crippen LogP contribution in [-0.2, 0) is 9.53 Å². The largest absolute Gasteiger partial charge is 0.378 e. The SMILES string of the molecule is NC(=O)C1COCC[N]1. The van der Waals surface area contributed by atoms with Crippen LogP contribution in [-0.4, -0.2) is 31.7 Å². The maximum absolute atomic E-state index is 10.4. The van der Waals surface area contributed by atoms with Crippen LogP contribution >= 0.6 is 0 Å². The Morgan fingerprint density at radius 3 is 2.89 bits per heavy atom. The number of hydrogen-bond donors (Lipinski definition) is 1. The second kappa shape index (κ2) is 2.80. The molecule has 1 rings (SSSR count). The van der Waals surface area contributed by atoms with E-state index in [1.807, 2.05) is 0 Å². The fourth-order valence-corrected chi connectivity index (χ4v) is 0.693. The highest BCUT2D eigenvalue weighted by atomic mass is 16.5. The third kappa shape index (κ3) is 1.65. The zero-order valence-corrected chi connectivity index (χ0v) is 5.04. The fourth-order valence-electron chi connectivity index (χ4n) is 0.693. The molecule has 9 heavy (non-hydrogen) atoms. The molecule has 1 fully saturated rings. The average molecular weight is 129 g/mol. The lowest BCUT2D eigenvalue weighted by Gasteiger charge is -2.18. The minimum Gasteiger partial charge on any atom is -0.378 e. The molecule has 1 atom stereocenters. The van der Waals surface area contributed by atoms with Crippen LogP contribution in [0, 0.1) is 0 Å². The van der Waals surface area contributed by atoms with E-state index in [-0.39, 0.29) is 0 Å². The molecule has 1 heterocycles. The Morgan fingerprint density at radius 2 is 2.56 bits per heavy atom. The summed E-state index contributed by atoms with van der Waals surface area (Å²) in [6, 6.07) is -0.404. The van der Waals surface area contributed by atoms with E-state index < -0.39 is 11.9 Å². The molecule has 1 unspecified atom stereocenters. The Morgan fingerprint density at radius 1 is 1.78 bits per heavy atom. The molecule has 4 heteroatoms. The van der Waals surface area contributed by atoms with Crippen molar-refractivity contribution < 1.29 is 9.53 Å². The molecule has 1 amide bonds. The number of nitrogens with zero attached hydrogens (tertiary/aromatic N) is 1. The van der Waals surface area contributed by atoms with Gasteiger partial charge in [0.1, 0.15) is 6.04 Å². The van der Waals surface area contributed by atoms with Crippen LogP contribution in [0.4, 0.5) is 0 Å². The minimum absolute atomic E-state index is 0.356. The van der Waals surface area contributed by atoms with Crippen LogP contribution in [0.2, 0.25) is 0 Å². The molecular formula is C5H9N2O2. The Hall–Kier alpha value is -0.610. The Bertz CT molecular complexity index is 110. The third-order valence-corrected chi connectivity index (χ3v) is 1.19. The summed E-state index contributed by atoms with van der Waals surface area (Å²) in [6.07, 6.45) is 0. The van der Waals surface area contributed by atoms with Crippen molar-refractivity contribution in [2.45, 2.75) is 6.04 Å². The van der Waals surface area contributed by atoms with Crippen molar-refractivity contribution in [3.8, 4) is 0 Å². The summed E-state index contributed by atoms with van der Waals surface area (Å²) in [5.41, 5.74) is 4.95. The number of primary amides is 1. The Kier molecular flexibility index (Phi) is 2.02. The van der Waals surface area contributed by atoms with Gasteiger partial charge in [0.2, 0.25) is 5.91 Å². The number of amides is 1. The van der Waals surface area contributed by atoms with Crippen molar-refractivity contribution in [1.82, 2.24) is 5.32 Å². The van der Waals surface area contributed by atoms with Gasteiger partial charge in [0.05, 0.1) is 13.2 Å². The van der Waals surface area contributed by atoms with Gasteiger partial charge in [-0.25, -0.2) is 5.32 Å². The summed E-state index contributed by atoms with van der Waals surface area (Å²) in [6.45, 7) is 1.56. The highest BCUT2D eigenvalue weighted by molar-refractivity contribution is 5.80. The predicted octanol–water partition coefficient (Wildman–Crippen LogP) is -1.53. The summed E-state index contributed by atoms with van der Waals surface area (Å²) in [7, 11) is 0. The highest BCUT2D eigenvalue weighted by Crippen LogP contribution is 1.92. The molecule has 0 saturated carbocycles. The normalized spacial score (nSPS) is 27.8. The maximum atomic E-state index is 10.4. The summed E-state index contributed by atoms with van der Waals surface area (Å²) < 4.78 is 4.95.